The monoisotopic (exact) mass is 224 g/mol. The van der Waals surface area contributed by atoms with Gasteiger partial charge in [0.2, 0.25) is 11.8 Å². The first-order valence-corrected chi connectivity index (χ1v) is 5.22. The van der Waals surface area contributed by atoms with Gasteiger partial charge in [0, 0.05) is 24.3 Å². The standard InChI is InChI=1S/C10H16N4O2/c1-7(2)11-13-9(15)5-3-8-4-6-10(16)14-12-8/h3-6H2,1-2H3,(H,13,15)(H,14,16). The molecule has 0 saturated heterocycles. The summed E-state index contributed by atoms with van der Waals surface area (Å²) in [6.07, 6.45) is 1.98. The summed E-state index contributed by atoms with van der Waals surface area (Å²) in [5, 5.41) is 7.69. The fourth-order valence-electron chi connectivity index (χ4n) is 1.18. The molecule has 1 heterocycles. The van der Waals surface area contributed by atoms with Gasteiger partial charge in [-0.15, -0.1) is 0 Å². The van der Waals surface area contributed by atoms with Crippen LogP contribution in [0.3, 0.4) is 0 Å². The Hall–Kier alpha value is -1.72. The summed E-state index contributed by atoms with van der Waals surface area (Å²) < 4.78 is 0. The molecule has 6 heteroatoms. The number of carbonyl (C=O) groups is 2. The smallest absolute Gasteiger partial charge is 0.240 e. The first-order chi connectivity index (χ1) is 7.58. The molecule has 0 saturated carbocycles. The van der Waals surface area contributed by atoms with Crippen LogP contribution >= 0.6 is 0 Å². The number of hydrogen-bond acceptors (Lipinski definition) is 4. The van der Waals surface area contributed by atoms with Crippen LogP contribution in [0.15, 0.2) is 10.2 Å². The van der Waals surface area contributed by atoms with Gasteiger partial charge in [-0.05, 0) is 26.7 Å². The van der Waals surface area contributed by atoms with Crippen LogP contribution in [0.5, 0.6) is 0 Å². The third-order valence-corrected chi connectivity index (χ3v) is 2.02. The predicted octanol–water partition coefficient (Wildman–Crippen LogP) is 0.545. The maximum absolute atomic E-state index is 11.3. The van der Waals surface area contributed by atoms with Gasteiger partial charge in [-0.25, -0.2) is 10.9 Å². The van der Waals surface area contributed by atoms with Gasteiger partial charge in [-0.2, -0.15) is 10.2 Å². The van der Waals surface area contributed by atoms with E-state index in [0.29, 0.717) is 25.7 Å². The molecule has 0 aromatic heterocycles. The molecule has 6 nitrogen and oxygen atoms in total. The van der Waals surface area contributed by atoms with Gasteiger partial charge in [-0.1, -0.05) is 0 Å². The highest BCUT2D eigenvalue weighted by Gasteiger charge is 2.12. The summed E-state index contributed by atoms with van der Waals surface area (Å²) in [7, 11) is 0. The van der Waals surface area contributed by atoms with E-state index in [0.717, 1.165) is 11.4 Å². The van der Waals surface area contributed by atoms with Crippen molar-refractivity contribution in [3.8, 4) is 0 Å². The molecule has 16 heavy (non-hydrogen) atoms. The van der Waals surface area contributed by atoms with Crippen molar-refractivity contribution >= 4 is 23.2 Å². The quantitative estimate of drug-likeness (QED) is 0.539. The van der Waals surface area contributed by atoms with E-state index < -0.39 is 0 Å². The van der Waals surface area contributed by atoms with Crippen LogP contribution in [0.2, 0.25) is 0 Å². The van der Waals surface area contributed by atoms with Crippen LogP contribution in [0.25, 0.3) is 0 Å². The summed E-state index contributed by atoms with van der Waals surface area (Å²) >= 11 is 0. The molecule has 0 atom stereocenters. The maximum atomic E-state index is 11.3. The number of nitrogens with one attached hydrogen (secondary N) is 2. The van der Waals surface area contributed by atoms with Crippen molar-refractivity contribution in [1.82, 2.24) is 10.9 Å². The molecule has 0 radical (unpaired) electrons. The summed E-state index contributed by atoms with van der Waals surface area (Å²) in [6.45, 7) is 3.61. The number of nitrogens with zero attached hydrogens (tertiary/aromatic N) is 2. The van der Waals surface area contributed by atoms with E-state index in [9.17, 15) is 9.59 Å². The lowest BCUT2D eigenvalue weighted by Crippen LogP contribution is -2.26. The highest BCUT2D eigenvalue weighted by atomic mass is 16.2. The molecule has 0 unspecified atom stereocenters. The van der Waals surface area contributed by atoms with E-state index in [-0.39, 0.29) is 11.8 Å². The Bertz CT molecular complexity index is 343. The number of hydrazone groups is 2. The van der Waals surface area contributed by atoms with E-state index in [1.165, 1.54) is 0 Å². The van der Waals surface area contributed by atoms with Crippen LogP contribution < -0.4 is 10.9 Å². The summed E-state index contributed by atoms with van der Waals surface area (Å²) in [4.78, 5) is 22.1. The third-order valence-electron chi connectivity index (χ3n) is 2.02. The second kappa shape index (κ2) is 5.99. The fourth-order valence-corrected chi connectivity index (χ4v) is 1.18. The van der Waals surface area contributed by atoms with Gasteiger partial charge in [0.25, 0.3) is 0 Å². The van der Waals surface area contributed by atoms with E-state index in [4.69, 9.17) is 0 Å². The maximum Gasteiger partial charge on any atom is 0.240 e. The average Bonchev–Trinajstić information content (AvgIpc) is 2.25. The van der Waals surface area contributed by atoms with Gasteiger partial charge in [-0.3, -0.25) is 9.59 Å². The molecule has 0 aromatic carbocycles. The molecular formula is C10H16N4O2. The van der Waals surface area contributed by atoms with Crippen LogP contribution in [0, 0.1) is 0 Å². The third kappa shape index (κ3) is 4.68. The minimum absolute atomic E-state index is 0.0700. The Labute approximate surface area is 94.2 Å². The zero-order chi connectivity index (χ0) is 12.0. The average molecular weight is 224 g/mol. The van der Waals surface area contributed by atoms with Crippen molar-refractivity contribution in [3.05, 3.63) is 0 Å². The van der Waals surface area contributed by atoms with Gasteiger partial charge < -0.3 is 0 Å². The van der Waals surface area contributed by atoms with Crippen molar-refractivity contribution in [2.75, 3.05) is 0 Å². The van der Waals surface area contributed by atoms with Crippen LogP contribution in [-0.4, -0.2) is 23.2 Å². The first-order valence-electron chi connectivity index (χ1n) is 5.22. The summed E-state index contributed by atoms with van der Waals surface area (Å²) in [6, 6.07) is 0. The Morgan fingerprint density at radius 3 is 2.81 bits per heavy atom. The second-order valence-corrected chi connectivity index (χ2v) is 3.81. The minimum Gasteiger partial charge on any atom is -0.273 e. The zero-order valence-corrected chi connectivity index (χ0v) is 9.54. The predicted molar refractivity (Wildman–Crippen MR) is 61.0 cm³/mol. The van der Waals surface area contributed by atoms with Crippen molar-refractivity contribution in [2.45, 2.75) is 39.5 Å². The van der Waals surface area contributed by atoms with E-state index in [2.05, 4.69) is 21.1 Å². The normalized spacial score (nSPS) is 14.9. The topological polar surface area (TPSA) is 82.9 Å². The lowest BCUT2D eigenvalue weighted by Gasteiger charge is -2.10. The second-order valence-electron chi connectivity index (χ2n) is 3.81. The molecule has 2 amide bonds. The van der Waals surface area contributed by atoms with Gasteiger partial charge in [0.15, 0.2) is 0 Å². The van der Waals surface area contributed by atoms with Gasteiger partial charge in [0.05, 0.1) is 0 Å². The lowest BCUT2D eigenvalue weighted by molar-refractivity contribution is -0.121. The molecule has 0 spiro atoms. The Balaban J connectivity index is 2.27. The van der Waals surface area contributed by atoms with E-state index in [1.807, 2.05) is 0 Å². The molecule has 0 bridgehead atoms. The molecule has 0 aliphatic carbocycles. The Morgan fingerprint density at radius 1 is 1.50 bits per heavy atom. The van der Waals surface area contributed by atoms with E-state index >= 15 is 0 Å². The number of carbonyl (C=O) groups excluding carboxylic acids is 2. The summed E-state index contributed by atoms with van der Waals surface area (Å²) in [5.74, 6) is -0.208. The van der Waals surface area contributed by atoms with Gasteiger partial charge in [0.1, 0.15) is 0 Å². The first kappa shape index (κ1) is 12.4. The minimum atomic E-state index is -0.138. The Kier molecular flexibility index (Phi) is 4.63. The highest BCUT2D eigenvalue weighted by molar-refractivity contribution is 5.94. The van der Waals surface area contributed by atoms with Crippen LogP contribution in [-0.2, 0) is 9.59 Å². The molecule has 0 fully saturated rings. The molecule has 1 aliphatic rings. The van der Waals surface area contributed by atoms with Gasteiger partial charge >= 0.3 is 0 Å². The molecular weight excluding hydrogens is 208 g/mol. The fraction of sp³-hybridized carbons (Fsp3) is 0.600. The zero-order valence-electron chi connectivity index (χ0n) is 9.54. The van der Waals surface area contributed by atoms with Crippen molar-refractivity contribution in [3.63, 3.8) is 0 Å². The number of amides is 2. The SMILES string of the molecule is CC(C)=NNC(=O)CCC1=NNC(=O)CC1. The molecule has 88 valence electrons. The van der Waals surface area contributed by atoms with Crippen molar-refractivity contribution in [1.29, 1.82) is 0 Å². The lowest BCUT2D eigenvalue weighted by atomic mass is 10.1. The molecule has 1 aliphatic heterocycles. The van der Waals surface area contributed by atoms with Crippen molar-refractivity contribution in [2.24, 2.45) is 10.2 Å². The molecule has 2 N–H and O–H groups in total. The van der Waals surface area contributed by atoms with E-state index in [1.54, 1.807) is 13.8 Å². The number of rotatable bonds is 4. The van der Waals surface area contributed by atoms with Crippen molar-refractivity contribution < 1.29 is 9.59 Å². The number of hydrogen-bond donors (Lipinski definition) is 2. The Morgan fingerprint density at radius 2 is 2.25 bits per heavy atom. The van der Waals surface area contributed by atoms with Crippen LogP contribution in [0.1, 0.15) is 39.5 Å². The summed E-state index contributed by atoms with van der Waals surface area (Å²) in [5.41, 5.74) is 6.49. The highest BCUT2D eigenvalue weighted by Crippen LogP contribution is 2.05. The molecule has 1 rings (SSSR count). The largest absolute Gasteiger partial charge is 0.273 e. The van der Waals surface area contributed by atoms with Crippen LogP contribution in [0.4, 0.5) is 0 Å². The molecule has 0 aromatic rings.